The molecule has 1 amide bonds. The Bertz CT molecular complexity index is 570. The zero-order chi connectivity index (χ0) is 16.0. The first-order chi connectivity index (χ1) is 9.69. The molecule has 0 spiro atoms. The van der Waals surface area contributed by atoms with E-state index in [4.69, 9.17) is 4.74 Å². The van der Waals surface area contributed by atoms with Crippen molar-refractivity contribution in [2.45, 2.75) is 46.1 Å². The Kier molecular flexibility index (Phi) is 5.69. The van der Waals surface area contributed by atoms with Gasteiger partial charge in [-0.3, -0.25) is 9.59 Å². The molecule has 116 valence electrons. The lowest BCUT2D eigenvalue weighted by Crippen LogP contribution is -2.33. The Morgan fingerprint density at radius 2 is 2.00 bits per heavy atom. The topological polar surface area (TPSA) is 88.3 Å². The number of rotatable bonds is 5. The number of ether oxygens (including phenoxy) is 1. The third kappa shape index (κ3) is 6.25. The number of carbonyl (C=O) groups is 2. The minimum Gasteiger partial charge on any atom is -0.444 e. The van der Waals surface area contributed by atoms with Crippen molar-refractivity contribution in [2.75, 3.05) is 6.54 Å². The fraction of sp³-hybridized carbons (Fsp3) is 0.533. The van der Waals surface area contributed by atoms with E-state index in [0.717, 1.165) is 5.69 Å². The van der Waals surface area contributed by atoms with E-state index in [2.05, 4.69) is 10.3 Å². The number of aryl methyl sites for hydroxylation is 1. The molecule has 0 radical (unpaired) electrons. The lowest BCUT2D eigenvalue weighted by atomic mass is 10.1. The maximum Gasteiger partial charge on any atom is 0.407 e. The summed E-state index contributed by atoms with van der Waals surface area (Å²) in [4.78, 5) is 37.1. The van der Waals surface area contributed by atoms with E-state index in [0.29, 0.717) is 19.4 Å². The van der Waals surface area contributed by atoms with E-state index in [1.807, 2.05) is 0 Å². The van der Waals surface area contributed by atoms with Gasteiger partial charge in [-0.2, -0.15) is 0 Å². The lowest BCUT2D eigenvalue weighted by Gasteiger charge is -2.19. The molecule has 0 bridgehead atoms. The van der Waals surface area contributed by atoms with Crippen molar-refractivity contribution in [2.24, 2.45) is 0 Å². The number of ketones is 1. The van der Waals surface area contributed by atoms with E-state index < -0.39 is 11.7 Å². The van der Waals surface area contributed by atoms with Gasteiger partial charge in [-0.15, -0.1) is 0 Å². The quantitative estimate of drug-likeness (QED) is 0.642. The second kappa shape index (κ2) is 7.06. The summed E-state index contributed by atoms with van der Waals surface area (Å²) >= 11 is 0. The highest BCUT2D eigenvalue weighted by atomic mass is 16.6. The first kappa shape index (κ1) is 16.9. The molecule has 0 fully saturated rings. The highest BCUT2D eigenvalue weighted by Gasteiger charge is 2.15. The van der Waals surface area contributed by atoms with Gasteiger partial charge in [0.2, 0.25) is 0 Å². The van der Waals surface area contributed by atoms with Crippen LogP contribution in [0.15, 0.2) is 17.1 Å². The van der Waals surface area contributed by atoms with Gasteiger partial charge in [0.25, 0.3) is 0 Å². The Balaban J connectivity index is 2.40. The Labute approximate surface area is 123 Å². The second-order valence-electron chi connectivity index (χ2n) is 5.82. The maximum absolute atomic E-state index is 11.6. The van der Waals surface area contributed by atoms with E-state index in [9.17, 15) is 14.4 Å². The van der Waals surface area contributed by atoms with Crippen LogP contribution in [0, 0.1) is 0 Å². The molecule has 1 heterocycles. The fourth-order valence-corrected chi connectivity index (χ4v) is 1.72. The van der Waals surface area contributed by atoms with Gasteiger partial charge in [0.1, 0.15) is 5.60 Å². The number of H-pyrrole nitrogens is 1. The van der Waals surface area contributed by atoms with Gasteiger partial charge in [0.05, 0.1) is 5.56 Å². The van der Waals surface area contributed by atoms with Gasteiger partial charge in [0.15, 0.2) is 11.2 Å². The highest BCUT2D eigenvalue weighted by molar-refractivity contribution is 5.93. The molecule has 0 atom stereocenters. The molecule has 1 rings (SSSR count). The van der Waals surface area contributed by atoms with Crippen LogP contribution >= 0.6 is 0 Å². The molecule has 0 aromatic carbocycles. The number of Topliss-reactive ketones (excluding diaryl/α,β-unsaturated/α-hetero) is 1. The number of aromatic amines is 1. The molecule has 0 aliphatic carbocycles. The third-order valence-electron chi connectivity index (χ3n) is 2.64. The number of carbonyl (C=O) groups excluding carboxylic acids is 2. The number of aromatic nitrogens is 1. The predicted octanol–water partition coefficient (Wildman–Crippen LogP) is 2.03. The summed E-state index contributed by atoms with van der Waals surface area (Å²) in [7, 11) is 0. The third-order valence-corrected chi connectivity index (χ3v) is 2.64. The Morgan fingerprint density at radius 1 is 1.33 bits per heavy atom. The number of amides is 1. The van der Waals surface area contributed by atoms with Crippen LogP contribution in [0.1, 0.15) is 50.2 Å². The number of hydrogen-bond donors (Lipinski definition) is 2. The van der Waals surface area contributed by atoms with Crippen molar-refractivity contribution in [1.29, 1.82) is 0 Å². The van der Waals surface area contributed by atoms with Gasteiger partial charge >= 0.3 is 6.09 Å². The summed E-state index contributed by atoms with van der Waals surface area (Å²) in [6, 6.07) is 1.42. The number of hydrogen-bond acceptors (Lipinski definition) is 4. The summed E-state index contributed by atoms with van der Waals surface area (Å²) in [5.74, 6) is -0.255. The average molecular weight is 294 g/mol. The zero-order valence-corrected chi connectivity index (χ0v) is 12.9. The summed E-state index contributed by atoms with van der Waals surface area (Å²) in [6.07, 6.45) is 2.24. The van der Waals surface area contributed by atoms with Crippen LogP contribution in [0.3, 0.4) is 0 Å². The summed E-state index contributed by atoms with van der Waals surface area (Å²) < 4.78 is 5.11. The minimum absolute atomic E-state index is 0.158. The molecule has 2 N–H and O–H groups in total. The molecular weight excluding hydrogens is 272 g/mol. The van der Waals surface area contributed by atoms with Crippen LogP contribution in [0.5, 0.6) is 0 Å². The SMILES string of the molecule is CC(=O)c1c[nH]c(CCCNC(=O)OC(C)(C)C)cc1=O. The van der Waals surface area contributed by atoms with Crippen LogP contribution < -0.4 is 10.7 Å². The lowest BCUT2D eigenvalue weighted by molar-refractivity contribution is 0.0527. The van der Waals surface area contributed by atoms with Crippen molar-refractivity contribution in [3.05, 3.63) is 33.7 Å². The van der Waals surface area contributed by atoms with E-state index in [1.165, 1.54) is 19.2 Å². The van der Waals surface area contributed by atoms with Gasteiger partial charge in [-0.1, -0.05) is 0 Å². The smallest absolute Gasteiger partial charge is 0.407 e. The second-order valence-corrected chi connectivity index (χ2v) is 5.82. The van der Waals surface area contributed by atoms with Gasteiger partial charge in [0, 0.05) is 24.5 Å². The standard InChI is InChI=1S/C15H22N2O4/c1-10(18)12-9-17-11(8-13(12)19)6-5-7-16-14(20)21-15(2,3)4/h8-9H,5-7H2,1-4H3,(H,16,20)(H,17,19). The van der Waals surface area contributed by atoms with Crippen LogP contribution in [0.4, 0.5) is 4.79 Å². The van der Waals surface area contributed by atoms with Crippen LogP contribution in [-0.2, 0) is 11.2 Å². The first-order valence-electron chi connectivity index (χ1n) is 6.88. The zero-order valence-electron chi connectivity index (χ0n) is 12.9. The number of pyridine rings is 1. The Hall–Kier alpha value is -2.11. The van der Waals surface area contributed by atoms with Gasteiger partial charge in [-0.25, -0.2) is 4.79 Å². The molecule has 21 heavy (non-hydrogen) atoms. The molecule has 6 heteroatoms. The normalized spacial score (nSPS) is 11.0. The van der Waals surface area contributed by atoms with Crippen molar-refractivity contribution < 1.29 is 14.3 Å². The molecule has 6 nitrogen and oxygen atoms in total. The maximum atomic E-state index is 11.6. The average Bonchev–Trinajstić information content (AvgIpc) is 2.32. The monoisotopic (exact) mass is 294 g/mol. The highest BCUT2D eigenvalue weighted by Crippen LogP contribution is 2.06. The molecule has 0 aliphatic rings. The van der Waals surface area contributed by atoms with Crippen molar-refractivity contribution in [3.63, 3.8) is 0 Å². The van der Waals surface area contributed by atoms with Crippen molar-refractivity contribution >= 4 is 11.9 Å². The fourth-order valence-electron chi connectivity index (χ4n) is 1.72. The van der Waals surface area contributed by atoms with E-state index >= 15 is 0 Å². The van der Waals surface area contributed by atoms with E-state index in [-0.39, 0.29) is 16.8 Å². The number of nitrogens with one attached hydrogen (secondary N) is 2. The van der Waals surface area contributed by atoms with E-state index in [1.54, 1.807) is 20.8 Å². The molecule has 1 aromatic rings. The van der Waals surface area contributed by atoms with Crippen LogP contribution in [-0.4, -0.2) is 29.0 Å². The summed E-state index contributed by atoms with van der Waals surface area (Å²) in [5.41, 5.74) is 0.0932. The molecular formula is C15H22N2O4. The van der Waals surface area contributed by atoms with Crippen molar-refractivity contribution in [1.82, 2.24) is 10.3 Å². The molecule has 0 saturated carbocycles. The molecule has 0 saturated heterocycles. The first-order valence-corrected chi connectivity index (χ1v) is 6.88. The summed E-state index contributed by atoms with van der Waals surface area (Å²) in [5, 5.41) is 2.65. The molecule has 0 aliphatic heterocycles. The van der Waals surface area contributed by atoms with Gasteiger partial charge < -0.3 is 15.0 Å². The summed E-state index contributed by atoms with van der Waals surface area (Å²) in [6.45, 7) is 7.20. The molecule has 1 aromatic heterocycles. The van der Waals surface area contributed by atoms with Gasteiger partial charge in [-0.05, 0) is 40.5 Å². The number of alkyl carbamates (subject to hydrolysis) is 1. The van der Waals surface area contributed by atoms with Crippen LogP contribution in [0.2, 0.25) is 0 Å². The molecule has 0 unspecified atom stereocenters. The van der Waals surface area contributed by atoms with Crippen LogP contribution in [0.25, 0.3) is 0 Å². The predicted molar refractivity (Wildman–Crippen MR) is 79.6 cm³/mol. The minimum atomic E-state index is -0.516. The Morgan fingerprint density at radius 3 is 2.52 bits per heavy atom. The van der Waals surface area contributed by atoms with Crippen molar-refractivity contribution in [3.8, 4) is 0 Å². The largest absolute Gasteiger partial charge is 0.444 e.